The van der Waals surface area contributed by atoms with E-state index in [9.17, 15) is 6.85 Å². The monoisotopic (exact) mass is 587 g/mol. The van der Waals surface area contributed by atoms with Crippen LogP contribution in [-0.2, 0) is 0 Å². The van der Waals surface area contributed by atoms with Gasteiger partial charge in [-0.05, 0) is 72.6 Å². The van der Waals surface area contributed by atoms with Crippen molar-refractivity contribution < 1.29 is 25.0 Å². The van der Waals surface area contributed by atoms with Crippen molar-refractivity contribution in [1.82, 2.24) is 0 Å². The first kappa shape index (κ1) is 14.7. The van der Waals surface area contributed by atoms with Gasteiger partial charge in [0.2, 0.25) is 0 Å². The maximum absolute atomic E-state index is 9.75. The molecule has 9 rings (SSSR count). The highest BCUT2D eigenvalue weighted by molar-refractivity contribution is 6.22. The van der Waals surface area contributed by atoms with E-state index in [1.54, 1.807) is 78.9 Å². The van der Waals surface area contributed by atoms with Gasteiger partial charge in [-0.1, -0.05) is 157 Å². The van der Waals surface area contributed by atoms with Crippen LogP contribution in [0.2, 0.25) is 0 Å². The lowest BCUT2D eigenvalue weighted by atomic mass is 9.85. The smallest absolute Gasteiger partial charge is 0.143 e. The lowest BCUT2D eigenvalue weighted by Crippen LogP contribution is -1.91. The zero-order valence-electron chi connectivity index (χ0n) is 38.4. The van der Waals surface area contributed by atoms with Gasteiger partial charge in [0.1, 0.15) is 11.2 Å². The van der Waals surface area contributed by atoms with Crippen LogP contribution in [0.1, 0.15) is 20.6 Å². The molecule has 1 nitrogen and oxygen atoms in total. The molecule has 0 saturated heterocycles. The van der Waals surface area contributed by atoms with Crippen LogP contribution < -0.4 is 0 Å². The summed E-state index contributed by atoms with van der Waals surface area (Å²) in [5.41, 5.74) is 0.231. The Morgan fingerprint density at radius 2 is 0.933 bits per heavy atom. The van der Waals surface area contributed by atoms with E-state index < -0.39 is 71.6 Å². The van der Waals surface area contributed by atoms with Gasteiger partial charge in [-0.15, -0.1) is 0 Å². The Morgan fingerprint density at radius 3 is 1.60 bits per heavy atom. The average Bonchev–Trinajstić information content (AvgIpc) is 3.65. The van der Waals surface area contributed by atoms with E-state index in [4.69, 9.17) is 18.1 Å². The molecule has 45 heavy (non-hydrogen) atoms. The van der Waals surface area contributed by atoms with Gasteiger partial charge in [0.05, 0.1) is 20.6 Å². The number of benzene rings is 8. The van der Waals surface area contributed by atoms with Gasteiger partial charge in [-0.3, -0.25) is 0 Å². The molecule has 0 radical (unpaired) electrons. The number of hydrogen-bond donors (Lipinski definition) is 0. The Balaban J connectivity index is 1.40. The quantitative estimate of drug-likeness (QED) is 0.187. The molecule has 9 aromatic rings. The average molecular weight is 588 g/mol. The zero-order valence-corrected chi connectivity index (χ0v) is 23.4. The Morgan fingerprint density at radius 1 is 0.378 bits per heavy atom. The molecule has 0 spiro atoms. The summed E-state index contributed by atoms with van der Waals surface area (Å²) in [6, 6.07) is 14.7. The SMILES string of the molecule is [2H]c1c([2H])c([2H])c(-c2c([2H])c([2H])c(-c3c4ccccc4c(-c4c([2H])c([2H])c5oc6c(-c7ccccc7)c([2H])c([2H])c([2H])c6c5c4[2H])c4ccccc34)c([2H])c2[2H])c([2H])c1[2H]. The third-order valence-corrected chi connectivity index (χ3v) is 7.93. The molecule has 0 aliphatic heterocycles. The minimum absolute atomic E-state index is 0.00684. The molecular weight excluding hydrogens is 544 g/mol. The highest BCUT2D eigenvalue weighted by atomic mass is 16.3. The van der Waals surface area contributed by atoms with Crippen LogP contribution in [0.15, 0.2) is 174 Å². The van der Waals surface area contributed by atoms with Crippen molar-refractivity contribution in [2.24, 2.45) is 0 Å². The predicted molar refractivity (Wildman–Crippen MR) is 190 cm³/mol. The summed E-state index contributed by atoms with van der Waals surface area (Å²) >= 11 is 0. The van der Waals surface area contributed by atoms with Crippen LogP contribution >= 0.6 is 0 Å². The number of rotatable bonds is 4. The van der Waals surface area contributed by atoms with Crippen molar-refractivity contribution >= 4 is 43.5 Å². The van der Waals surface area contributed by atoms with Crippen molar-refractivity contribution in [3.05, 3.63) is 169 Å². The van der Waals surface area contributed by atoms with E-state index in [1.807, 2.05) is 0 Å². The highest BCUT2D eigenvalue weighted by Gasteiger charge is 2.18. The summed E-state index contributed by atoms with van der Waals surface area (Å²) in [6.07, 6.45) is 0. The van der Waals surface area contributed by atoms with Gasteiger partial charge < -0.3 is 4.42 Å². The largest absolute Gasteiger partial charge is 0.455 e. The Bertz CT molecular complexity index is 3260. The molecule has 0 atom stereocenters. The van der Waals surface area contributed by atoms with Crippen LogP contribution in [0.5, 0.6) is 0 Å². The molecule has 0 N–H and O–H groups in total. The van der Waals surface area contributed by atoms with Crippen molar-refractivity contribution in [2.75, 3.05) is 0 Å². The summed E-state index contributed by atoms with van der Waals surface area (Å²) in [6.45, 7) is 0. The summed E-state index contributed by atoms with van der Waals surface area (Å²) in [4.78, 5) is 0. The molecule has 0 aliphatic carbocycles. The van der Waals surface area contributed by atoms with E-state index in [0.717, 1.165) is 0 Å². The minimum Gasteiger partial charge on any atom is -0.455 e. The normalized spacial score (nSPS) is 16.2. The van der Waals surface area contributed by atoms with Gasteiger partial charge in [0, 0.05) is 16.3 Å². The first-order valence-electron chi connectivity index (χ1n) is 21.7. The van der Waals surface area contributed by atoms with Crippen LogP contribution in [0, 0.1) is 0 Å². The van der Waals surface area contributed by atoms with Crippen molar-refractivity contribution in [1.29, 1.82) is 0 Å². The molecule has 0 fully saturated rings. The third kappa shape index (κ3) is 4.17. The lowest BCUT2D eigenvalue weighted by Gasteiger charge is -2.18. The highest BCUT2D eigenvalue weighted by Crippen LogP contribution is 2.45. The van der Waals surface area contributed by atoms with Gasteiger partial charge in [-0.25, -0.2) is 0 Å². The van der Waals surface area contributed by atoms with Gasteiger partial charge in [0.25, 0.3) is 0 Å². The molecular formula is C44H28O. The number of para-hydroxylation sites is 1. The molecule has 1 heterocycles. The van der Waals surface area contributed by atoms with E-state index in [1.165, 1.54) is 0 Å². The van der Waals surface area contributed by atoms with Crippen LogP contribution in [0.4, 0.5) is 0 Å². The second kappa shape index (κ2) is 10.4. The van der Waals surface area contributed by atoms with Crippen LogP contribution in [0.3, 0.4) is 0 Å². The molecule has 210 valence electrons. The molecule has 0 amide bonds. The zero-order chi connectivity index (χ0) is 42.8. The van der Waals surface area contributed by atoms with Gasteiger partial charge in [0.15, 0.2) is 0 Å². The summed E-state index contributed by atoms with van der Waals surface area (Å²) < 4.78 is 139. The minimum atomic E-state index is -0.684. The summed E-state index contributed by atoms with van der Waals surface area (Å²) in [7, 11) is 0. The summed E-state index contributed by atoms with van der Waals surface area (Å²) in [5.74, 6) is 0. The third-order valence-electron chi connectivity index (χ3n) is 7.93. The molecule has 1 heteroatoms. The Kier molecular flexibility index (Phi) is 3.39. The van der Waals surface area contributed by atoms with E-state index in [2.05, 4.69) is 0 Å². The maximum atomic E-state index is 9.75. The fourth-order valence-electron chi connectivity index (χ4n) is 5.96. The second-order valence-corrected chi connectivity index (χ2v) is 10.5. The topological polar surface area (TPSA) is 13.1 Å². The number of fused-ring (bicyclic) bond motifs is 5. The second-order valence-electron chi connectivity index (χ2n) is 10.5. The molecule has 0 saturated carbocycles. The van der Waals surface area contributed by atoms with Crippen LogP contribution in [0.25, 0.3) is 88.0 Å². The fraction of sp³-hybridized carbons (Fsp3) is 0. The number of hydrogen-bond acceptors (Lipinski definition) is 1. The first-order valence-corrected chi connectivity index (χ1v) is 14.2. The molecule has 1 aromatic heterocycles. The van der Waals surface area contributed by atoms with Crippen molar-refractivity contribution in [2.45, 2.75) is 0 Å². The Labute approximate surface area is 282 Å². The molecule has 0 bridgehead atoms. The van der Waals surface area contributed by atoms with E-state index >= 15 is 0 Å². The molecule has 0 aliphatic rings. The standard InChI is InChI=1S/C44H28O/c1-3-12-29(13-4-1)30-22-24-32(25-23-30)42-35-16-7-9-18-37(35)43(38-19-10-8-17-36(38)42)33-26-27-41-40(28-33)39-21-11-20-34(44(39)45-41)31-14-5-2-6-15-31/h1-28H/i1D,3D,4D,11D,12D,13D,20D,21D,22D,23D,24D,25D,26D,27D,28D. The van der Waals surface area contributed by atoms with E-state index in [0.29, 0.717) is 32.7 Å². The van der Waals surface area contributed by atoms with Gasteiger partial charge in [-0.2, -0.15) is 0 Å². The first-order chi connectivity index (χ1) is 28.6. The molecule has 0 unspecified atom stereocenters. The number of furan rings is 1. The predicted octanol–water partition coefficient (Wildman–Crippen LogP) is 12.6. The van der Waals surface area contributed by atoms with Gasteiger partial charge >= 0.3 is 0 Å². The van der Waals surface area contributed by atoms with E-state index in [-0.39, 0.29) is 74.4 Å². The lowest BCUT2D eigenvalue weighted by molar-refractivity contribution is 0.670. The van der Waals surface area contributed by atoms with Crippen molar-refractivity contribution in [3.8, 4) is 44.5 Å². The maximum Gasteiger partial charge on any atom is 0.143 e. The fourth-order valence-corrected chi connectivity index (χ4v) is 5.96. The van der Waals surface area contributed by atoms with Crippen LogP contribution in [-0.4, -0.2) is 0 Å². The Hall–Kier alpha value is -5.92. The molecule has 8 aromatic carbocycles. The summed E-state index contributed by atoms with van der Waals surface area (Å²) in [5, 5.41) is 1.75. The van der Waals surface area contributed by atoms with Crippen molar-refractivity contribution in [3.63, 3.8) is 0 Å².